The van der Waals surface area contributed by atoms with Crippen LogP contribution in [0.5, 0.6) is 5.75 Å². The Kier molecular flexibility index (Phi) is 5.15. The molecule has 9 heteroatoms. The molecule has 9 nitrogen and oxygen atoms in total. The minimum atomic E-state index is -1.13. The zero-order valence-corrected chi connectivity index (χ0v) is 12.8. The fraction of sp³-hybridized carbons (Fsp3) is 0.200. The smallest absolute Gasteiger partial charge is 0.342 e. The van der Waals surface area contributed by atoms with Crippen molar-refractivity contribution in [3.8, 4) is 5.75 Å². The SMILES string of the molecule is COc1ccc([N+](=O)[O-])cc1NC(=O)[C@H](C)OC(=O)c1ccoc1. The number of methoxy groups -OCH3 is 1. The fourth-order valence-corrected chi connectivity index (χ4v) is 1.80. The molecular formula is C15H14N2O7. The van der Waals surface area contributed by atoms with Gasteiger partial charge < -0.3 is 19.2 Å². The molecular weight excluding hydrogens is 320 g/mol. The second-order valence-electron chi connectivity index (χ2n) is 4.69. The molecule has 1 N–H and O–H groups in total. The largest absolute Gasteiger partial charge is 0.495 e. The van der Waals surface area contributed by atoms with Crippen LogP contribution in [0.15, 0.2) is 41.2 Å². The molecule has 1 aromatic heterocycles. The van der Waals surface area contributed by atoms with E-state index in [0.29, 0.717) is 0 Å². The third-order valence-electron chi connectivity index (χ3n) is 3.06. The van der Waals surface area contributed by atoms with Crippen LogP contribution < -0.4 is 10.1 Å². The van der Waals surface area contributed by atoms with Gasteiger partial charge in [-0.15, -0.1) is 0 Å². The van der Waals surface area contributed by atoms with Gasteiger partial charge in [0.15, 0.2) is 6.10 Å². The first kappa shape index (κ1) is 17.0. The van der Waals surface area contributed by atoms with Crippen molar-refractivity contribution < 1.29 is 28.4 Å². The van der Waals surface area contributed by atoms with E-state index in [9.17, 15) is 19.7 Å². The van der Waals surface area contributed by atoms with Crippen molar-refractivity contribution in [2.24, 2.45) is 0 Å². The normalized spacial score (nSPS) is 11.4. The van der Waals surface area contributed by atoms with E-state index in [1.807, 2.05) is 0 Å². The van der Waals surface area contributed by atoms with Gasteiger partial charge in [-0.05, 0) is 19.1 Å². The summed E-state index contributed by atoms with van der Waals surface area (Å²) in [5.41, 5.74) is 0.0552. The lowest BCUT2D eigenvalue weighted by molar-refractivity contribution is -0.384. The number of amides is 1. The van der Waals surface area contributed by atoms with E-state index in [1.165, 1.54) is 44.8 Å². The summed E-state index contributed by atoms with van der Waals surface area (Å²) in [5, 5.41) is 13.3. The maximum atomic E-state index is 12.1. The van der Waals surface area contributed by atoms with Crippen LogP contribution in [-0.4, -0.2) is 30.0 Å². The zero-order chi connectivity index (χ0) is 17.7. The topological polar surface area (TPSA) is 121 Å². The molecule has 0 fully saturated rings. The van der Waals surface area contributed by atoms with Crippen molar-refractivity contribution in [3.63, 3.8) is 0 Å². The highest BCUT2D eigenvalue weighted by atomic mass is 16.6. The van der Waals surface area contributed by atoms with Gasteiger partial charge in [0.25, 0.3) is 11.6 Å². The van der Waals surface area contributed by atoms with Crippen LogP contribution in [0.25, 0.3) is 0 Å². The molecule has 1 amide bonds. The van der Waals surface area contributed by atoms with Crippen molar-refractivity contribution in [1.82, 2.24) is 0 Å². The first-order valence-electron chi connectivity index (χ1n) is 6.79. The minimum absolute atomic E-state index is 0.0999. The van der Waals surface area contributed by atoms with Gasteiger partial charge in [0.05, 0.1) is 29.5 Å². The van der Waals surface area contributed by atoms with Crippen molar-refractivity contribution in [1.29, 1.82) is 0 Å². The van der Waals surface area contributed by atoms with Crippen LogP contribution >= 0.6 is 0 Å². The lowest BCUT2D eigenvalue weighted by Crippen LogP contribution is -2.30. The predicted octanol–water partition coefficient (Wildman–Crippen LogP) is 2.38. The average molecular weight is 334 g/mol. The van der Waals surface area contributed by atoms with Crippen molar-refractivity contribution in [2.45, 2.75) is 13.0 Å². The molecule has 2 aromatic rings. The number of nitro groups is 1. The summed E-state index contributed by atoms with van der Waals surface area (Å²) in [6.07, 6.45) is 1.36. The second kappa shape index (κ2) is 7.27. The van der Waals surface area contributed by atoms with Crippen LogP contribution in [0.3, 0.4) is 0 Å². The number of nitrogens with zero attached hydrogens (tertiary/aromatic N) is 1. The van der Waals surface area contributed by atoms with E-state index in [0.717, 1.165) is 6.07 Å². The number of anilines is 1. The minimum Gasteiger partial charge on any atom is -0.495 e. The molecule has 0 radical (unpaired) electrons. The van der Waals surface area contributed by atoms with Crippen molar-refractivity contribution in [2.75, 3.05) is 12.4 Å². The monoisotopic (exact) mass is 334 g/mol. The number of carbonyl (C=O) groups excluding carboxylic acids is 2. The van der Waals surface area contributed by atoms with Gasteiger partial charge in [-0.25, -0.2) is 4.79 Å². The number of furan rings is 1. The van der Waals surface area contributed by atoms with E-state index in [1.54, 1.807) is 0 Å². The van der Waals surface area contributed by atoms with Crippen molar-refractivity contribution >= 4 is 23.3 Å². The number of carbonyl (C=O) groups is 2. The molecule has 126 valence electrons. The molecule has 24 heavy (non-hydrogen) atoms. The third-order valence-corrected chi connectivity index (χ3v) is 3.06. The number of hydrogen-bond donors (Lipinski definition) is 1. The molecule has 0 aliphatic rings. The second-order valence-corrected chi connectivity index (χ2v) is 4.69. The van der Waals surface area contributed by atoms with Gasteiger partial charge in [-0.3, -0.25) is 14.9 Å². The third kappa shape index (κ3) is 3.88. The fourth-order valence-electron chi connectivity index (χ4n) is 1.80. The number of esters is 1. The van der Waals surface area contributed by atoms with Crippen LogP contribution in [0, 0.1) is 10.1 Å². The molecule has 0 bridgehead atoms. The molecule has 0 unspecified atom stereocenters. The molecule has 0 saturated heterocycles. The Morgan fingerprint density at radius 1 is 1.33 bits per heavy atom. The lowest BCUT2D eigenvalue weighted by atomic mass is 10.2. The molecule has 0 aliphatic carbocycles. The number of non-ortho nitro benzene ring substituents is 1. The van der Waals surface area contributed by atoms with Gasteiger partial charge in [0.2, 0.25) is 0 Å². The Bertz CT molecular complexity index is 755. The first-order chi connectivity index (χ1) is 11.4. The lowest BCUT2D eigenvalue weighted by Gasteiger charge is -2.14. The number of hydrogen-bond acceptors (Lipinski definition) is 7. The Balaban J connectivity index is 2.09. The number of ether oxygens (including phenoxy) is 2. The van der Waals surface area contributed by atoms with Gasteiger partial charge in [-0.2, -0.15) is 0 Å². The summed E-state index contributed by atoms with van der Waals surface area (Å²) in [7, 11) is 1.36. The molecule has 1 aromatic carbocycles. The molecule has 1 atom stereocenters. The van der Waals surface area contributed by atoms with E-state index >= 15 is 0 Å². The highest BCUT2D eigenvalue weighted by Crippen LogP contribution is 2.29. The number of nitrogens with one attached hydrogen (secondary N) is 1. The summed E-state index contributed by atoms with van der Waals surface area (Å²) in [5.74, 6) is -1.15. The number of benzene rings is 1. The highest BCUT2D eigenvalue weighted by Gasteiger charge is 2.21. The molecule has 0 spiro atoms. The Labute approximate surface area is 136 Å². The van der Waals surface area contributed by atoms with Crippen LogP contribution in [0.1, 0.15) is 17.3 Å². The summed E-state index contributed by atoms with van der Waals surface area (Å²) < 4.78 is 14.8. The highest BCUT2D eigenvalue weighted by molar-refractivity contribution is 5.98. The quantitative estimate of drug-likeness (QED) is 0.489. The molecule has 2 rings (SSSR count). The molecule has 0 aliphatic heterocycles. The zero-order valence-electron chi connectivity index (χ0n) is 12.8. The Morgan fingerprint density at radius 3 is 2.67 bits per heavy atom. The van der Waals surface area contributed by atoms with Gasteiger partial charge >= 0.3 is 5.97 Å². The van der Waals surface area contributed by atoms with E-state index in [4.69, 9.17) is 13.9 Å². The number of rotatable bonds is 6. The maximum Gasteiger partial charge on any atom is 0.342 e. The standard InChI is InChI=1S/C15H14N2O7/c1-9(24-15(19)10-5-6-23-8-10)14(18)16-12-7-11(17(20)21)3-4-13(12)22-2/h3-9H,1-2H3,(H,16,18)/t9-/m0/s1. The number of nitro benzene ring substituents is 1. The maximum absolute atomic E-state index is 12.1. The molecule has 1 heterocycles. The molecule has 0 saturated carbocycles. The van der Waals surface area contributed by atoms with E-state index < -0.39 is 22.9 Å². The van der Waals surface area contributed by atoms with Gasteiger partial charge in [0, 0.05) is 12.1 Å². The summed E-state index contributed by atoms with van der Waals surface area (Å²) in [6.45, 7) is 1.37. The predicted molar refractivity (Wildman–Crippen MR) is 81.9 cm³/mol. The first-order valence-corrected chi connectivity index (χ1v) is 6.79. The summed E-state index contributed by atoms with van der Waals surface area (Å²) >= 11 is 0. The van der Waals surface area contributed by atoms with Crippen molar-refractivity contribution in [3.05, 3.63) is 52.5 Å². The average Bonchev–Trinajstić information content (AvgIpc) is 3.09. The summed E-state index contributed by atoms with van der Waals surface area (Å²) in [4.78, 5) is 34.1. The van der Waals surface area contributed by atoms with Crippen LogP contribution in [0.2, 0.25) is 0 Å². The van der Waals surface area contributed by atoms with Crippen LogP contribution in [-0.2, 0) is 9.53 Å². The Hall–Kier alpha value is -3.36. The van der Waals surface area contributed by atoms with E-state index in [-0.39, 0.29) is 22.7 Å². The summed E-state index contributed by atoms with van der Waals surface area (Å²) in [6, 6.07) is 5.16. The van der Waals surface area contributed by atoms with Crippen LogP contribution in [0.4, 0.5) is 11.4 Å². The van der Waals surface area contributed by atoms with E-state index in [2.05, 4.69) is 5.32 Å². The van der Waals surface area contributed by atoms with Gasteiger partial charge in [-0.1, -0.05) is 0 Å². The van der Waals surface area contributed by atoms with Gasteiger partial charge in [0.1, 0.15) is 12.0 Å². The Morgan fingerprint density at radius 2 is 2.08 bits per heavy atom.